The number of benzene rings is 2. The maximum Gasteiger partial charge on any atom is 0.258 e. The number of amides is 1. The molecule has 2 aromatic rings. The van der Waals surface area contributed by atoms with E-state index in [2.05, 4.69) is 9.44 Å². The van der Waals surface area contributed by atoms with Crippen LogP contribution in [-0.2, 0) is 25.5 Å². The summed E-state index contributed by atoms with van der Waals surface area (Å²) in [6.07, 6.45) is 5.86. The van der Waals surface area contributed by atoms with Gasteiger partial charge in [-0.05, 0) is 75.6 Å². The minimum atomic E-state index is -4.20. The molecule has 1 heterocycles. The number of carbonyl (C=O) groups is 1. The maximum atomic E-state index is 14.6. The quantitative estimate of drug-likeness (QED) is 0.595. The van der Waals surface area contributed by atoms with E-state index in [-0.39, 0.29) is 11.0 Å². The Balaban J connectivity index is 1.75. The van der Waals surface area contributed by atoms with E-state index in [1.54, 1.807) is 43.9 Å². The molecule has 2 N–H and O–H groups in total. The lowest BCUT2D eigenvalue weighted by atomic mass is 9.70. The van der Waals surface area contributed by atoms with Crippen LogP contribution in [0, 0.1) is 5.82 Å². The number of carbonyl (C=O) groups excluding carboxylic acids is 1. The van der Waals surface area contributed by atoms with Crippen LogP contribution in [0.2, 0.25) is 0 Å². The standard InChI is InChI=1S/C25H32FN3O5S2/c1-24(2,3)28-36(33,34)22-14-17(8-10-20(22)26)23(30)29-16-25(12-6-5-7-13-25)19-15-18(9-11-21(19)29)27-35(4,31)32/h8-11,14-15,27-28H,5-7,12-13,16H2,1-4H3. The highest BCUT2D eigenvalue weighted by Crippen LogP contribution is 2.50. The van der Waals surface area contributed by atoms with Crippen LogP contribution in [0.1, 0.15) is 68.8 Å². The Morgan fingerprint density at radius 3 is 2.28 bits per heavy atom. The van der Waals surface area contributed by atoms with E-state index in [1.807, 2.05) is 0 Å². The summed E-state index contributed by atoms with van der Waals surface area (Å²) < 4.78 is 68.8. The zero-order valence-corrected chi connectivity index (χ0v) is 22.5. The van der Waals surface area contributed by atoms with Crippen molar-refractivity contribution < 1.29 is 26.0 Å². The molecule has 0 bridgehead atoms. The minimum Gasteiger partial charge on any atom is -0.307 e. The average molecular weight is 538 g/mol. The van der Waals surface area contributed by atoms with Crippen LogP contribution in [0.5, 0.6) is 0 Å². The van der Waals surface area contributed by atoms with E-state index < -0.39 is 42.2 Å². The Bertz CT molecular complexity index is 1410. The van der Waals surface area contributed by atoms with Gasteiger partial charge in [0.15, 0.2) is 0 Å². The molecule has 0 saturated heterocycles. The number of sulfonamides is 2. The second-order valence-electron chi connectivity index (χ2n) is 10.8. The van der Waals surface area contributed by atoms with E-state index in [0.717, 1.165) is 56.1 Å². The molecule has 8 nitrogen and oxygen atoms in total. The molecular formula is C25H32FN3O5S2. The number of nitrogens with one attached hydrogen (secondary N) is 2. The second-order valence-corrected chi connectivity index (χ2v) is 14.2. The van der Waals surface area contributed by atoms with Gasteiger partial charge in [0.25, 0.3) is 5.91 Å². The monoisotopic (exact) mass is 537 g/mol. The van der Waals surface area contributed by atoms with Crippen LogP contribution >= 0.6 is 0 Å². The van der Waals surface area contributed by atoms with Crippen LogP contribution in [0.15, 0.2) is 41.3 Å². The molecule has 1 amide bonds. The summed E-state index contributed by atoms with van der Waals surface area (Å²) in [5, 5.41) is 0. The van der Waals surface area contributed by atoms with Crippen LogP contribution in [0.25, 0.3) is 0 Å². The molecule has 2 aromatic carbocycles. The molecule has 1 saturated carbocycles. The van der Waals surface area contributed by atoms with Crippen molar-refractivity contribution in [2.24, 2.45) is 0 Å². The summed E-state index contributed by atoms with van der Waals surface area (Å²) in [6.45, 7) is 5.34. The van der Waals surface area contributed by atoms with Gasteiger partial charge in [0.2, 0.25) is 20.0 Å². The van der Waals surface area contributed by atoms with E-state index >= 15 is 0 Å². The molecule has 36 heavy (non-hydrogen) atoms. The predicted octanol–water partition coefficient (Wildman–Crippen LogP) is 4.14. The topological polar surface area (TPSA) is 113 Å². The molecule has 1 fully saturated rings. The molecule has 11 heteroatoms. The van der Waals surface area contributed by atoms with Crippen molar-refractivity contribution in [3.63, 3.8) is 0 Å². The van der Waals surface area contributed by atoms with Crippen molar-refractivity contribution in [1.82, 2.24) is 4.72 Å². The first-order valence-corrected chi connectivity index (χ1v) is 15.3. The molecule has 2 aliphatic rings. The van der Waals surface area contributed by atoms with Gasteiger partial charge < -0.3 is 4.90 Å². The van der Waals surface area contributed by atoms with Crippen molar-refractivity contribution in [2.45, 2.75) is 68.7 Å². The average Bonchev–Trinajstić information content (AvgIpc) is 3.04. The van der Waals surface area contributed by atoms with Crippen molar-refractivity contribution in [1.29, 1.82) is 0 Å². The van der Waals surface area contributed by atoms with Crippen molar-refractivity contribution in [3.05, 3.63) is 53.3 Å². The molecule has 1 spiro atoms. The number of fused-ring (bicyclic) bond motifs is 2. The van der Waals surface area contributed by atoms with Gasteiger partial charge >= 0.3 is 0 Å². The molecule has 1 aliphatic heterocycles. The first kappa shape index (κ1) is 26.6. The first-order valence-electron chi connectivity index (χ1n) is 11.9. The van der Waals surface area contributed by atoms with Gasteiger partial charge in [-0.1, -0.05) is 19.3 Å². The fraction of sp³-hybridized carbons (Fsp3) is 0.480. The summed E-state index contributed by atoms with van der Waals surface area (Å²) in [7, 11) is -7.67. The lowest BCUT2D eigenvalue weighted by Gasteiger charge is -2.34. The van der Waals surface area contributed by atoms with Gasteiger partial charge in [0.05, 0.1) is 6.26 Å². The van der Waals surface area contributed by atoms with Gasteiger partial charge in [-0.2, -0.15) is 0 Å². The molecule has 0 aromatic heterocycles. The van der Waals surface area contributed by atoms with Gasteiger partial charge in [-0.15, -0.1) is 0 Å². The van der Waals surface area contributed by atoms with Crippen molar-refractivity contribution in [2.75, 3.05) is 22.4 Å². The fourth-order valence-electron chi connectivity index (χ4n) is 5.24. The van der Waals surface area contributed by atoms with Gasteiger partial charge in [0, 0.05) is 34.4 Å². The predicted molar refractivity (Wildman–Crippen MR) is 138 cm³/mol. The smallest absolute Gasteiger partial charge is 0.258 e. The zero-order valence-electron chi connectivity index (χ0n) is 20.9. The fourth-order valence-corrected chi connectivity index (χ4v) is 7.32. The van der Waals surface area contributed by atoms with E-state index in [9.17, 15) is 26.0 Å². The van der Waals surface area contributed by atoms with Crippen LogP contribution in [0.4, 0.5) is 15.8 Å². The van der Waals surface area contributed by atoms with Crippen molar-refractivity contribution >= 4 is 37.3 Å². The maximum absolute atomic E-state index is 14.6. The molecular weight excluding hydrogens is 505 g/mol. The van der Waals surface area contributed by atoms with E-state index in [4.69, 9.17) is 0 Å². The Kier molecular flexibility index (Phi) is 6.72. The summed E-state index contributed by atoms with van der Waals surface area (Å²) in [6, 6.07) is 8.48. The van der Waals surface area contributed by atoms with Crippen LogP contribution in [-0.4, -0.2) is 41.1 Å². The highest BCUT2D eigenvalue weighted by atomic mass is 32.2. The molecule has 0 atom stereocenters. The Hall–Kier alpha value is -2.50. The molecule has 1 aliphatic carbocycles. The van der Waals surface area contributed by atoms with E-state index in [0.29, 0.717) is 17.9 Å². The SMILES string of the molecule is CC(C)(C)NS(=O)(=O)c1cc(C(=O)N2CC3(CCCCC3)c3cc(NS(C)(=O)=O)ccc32)ccc1F. The summed E-state index contributed by atoms with van der Waals surface area (Å²) >= 11 is 0. The number of halogens is 1. The third kappa shape index (κ3) is 5.42. The number of anilines is 2. The highest BCUT2D eigenvalue weighted by Gasteiger charge is 2.45. The number of hydrogen-bond acceptors (Lipinski definition) is 5. The largest absolute Gasteiger partial charge is 0.307 e. The first-order chi connectivity index (χ1) is 16.6. The highest BCUT2D eigenvalue weighted by molar-refractivity contribution is 7.92. The molecule has 4 rings (SSSR count). The lowest BCUT2D eigenvalue weighted by molar-refractivity contribution is 0.0982. The lowest BCUT2D eigenvalue weighted by Crippen LogP contribution is -2.41. The van der Waals surface area contributed by atoms with Crippen LogP contribution in [0.3, 0.4) is 0 Å². The van der Waals surface area contributed by atoms with Crippen LogP contribution < -0.4 is 14.3 Å². The Morgan fingerprint density at radius 2 is 1.67 bits per heavy atom. The molecule has 0 radical (unpaired) electrons. The van der Waals surface area contributed by atoms with E-state index in [1.165, 1.54) is 6.07 Å². The van der Waals surface area contributed by atoms with Gasteiger partial charge in [0.1, 0.15) is 10.7 Å². The Morgan fingerprint density at radius 1 is 1.00 bits per heavy atom. The Labute approximate surface area is 212 Å². The number of rotatable bonds is 5. The van der Waals surface area contributed by atoms with Gasteiger partial charge in [-0.3, -0.25) is 9.52 Å². The van der Waals surface area contributed by atoms with Gasteiger partial charge in [-0.25, -0.2) is 25.9 Å². The van der Waals surface area contributed by atoms with Crippen molar-refractivity contribution in [3.8, 4) is 0 Å². The molecule has 196 valence electrons. The number of hydrogen-bond donors (Lipinski definition) is 2. The normalized spacial score (nSPS) is 17.8. The number of nitrogens with zero attached hydrogens (tertiary/aromatic N) is 1. The second kappa shape index (κ2) is 9.11. The molecule has 0 unspecified atom stereocenters. The summed E-state index contributed by atoms with van der Waals surface area (Å²) in [4.78, 5) is 14.7. The summed E-state index contributed by atoms with van der Waals surface area (Å²) in [5.74, 6) is -1.37. The third-order valence-electron chi connectivity index (χ3n) is 6.59. The minimum absolute atomic E-state index is 0.0582. The third-order valence-corrected chi connectivity index (χ3v) is 8.97. The zero-order chi connectivity index (χ0) is 26.5. The summed E-state index contributed by atoms with van der Waals surface area (Å²) in [5.41, 5.74) is 0.892.